The summed E-state index contributed by atoms with van der Waals surface area (Å²) in [5.74, 6) is 1.57. The number of fused-ring (bicyclic) bond motifs is 1. The van der Waals surface area contributed by atoms with Gasteiger partial charge in [0.2, 0.25) is 5.91 Å². The van der Waals surface area contributed by atoms with Gasteiger partial charge in [0.15, 0.2) is 0 Å². The van der Waals surface area contributed by atoms with E-state index in [1.165, 1.54) is 0 Å². The van der Waals surface area contributed by atoms with E-state index in [2.05, 4.69) is 30.4 Å². The first-order valence-electron chi connectivity index (χ1n) is 9.25. The van der Waals surface area contributed by atoms with Crippen LogP contribution in [-0.4, -0.2) is 28.0 Å². The number of amides is 1. The maximum atomic E-state index is 12.7. The molecule has 0 fully saturated rings. The average molecular weight is 394 g/mol. The van der Waals surface area contributed by atoms with E-state index in [1.807, 2.05) is 48.9 Å². The van der Waals surface area contributed by atoms with Crippen molar-refractivity contribution in [2.75, 3.05) is 12.4 Å². The van der Waals surface area contributed by atoms with Gasteiger partial charge in [-0.05, 0) is 50.1 Å². The van der Waals surface area contributed by atoms with Crippen LogP contribution < -0.4 is 10.1 Å². The van der Waals surface area contributed by atoms with Crippen molar-refractivity contribution in [2.45, 2.75) is 31.3 Å². The molecule has 2 aromatic carbocycles. The van der Waals surface area contributed by atoms with E-state index in [0.29, 0.717) is 0 Å². The van der Waals surface area contributed by atoms with Crippen molar-refractivity contribution in [1.29, 1.82) is 0 Å². The van der Waals surface area contributed by atoms with Crippen LogP contribution in [0.15, 0.2) is 48.5 Å². The number of hydrogen-bond donors (Lipinski definition) is 1. The van der Waals surface area contributed by atoms with Crippen molar-refractivity contribution in [1.82, 2.24) is 9.78 Å². The minimum atomic E-state index is -0.177. The van der Waals surface area contributed by atoms with Crippen LogP contribution in [0.2, 0.25) is 0 Å². The predicted octanol–water partition coefficient (Wildman–Crippen LogP) is 4.66. The largest absolute Gasteiger partial charge is 0.497 e. The zero-order valence-corrected chi connectivity index (χ0v) is 17.2. The van der Waals surface area contributed by atoms with Crippen LogP contribution >= 0.6 is 11.8 Å². The molecule has 0 saturated carbocycles. The summed E-state index contributed by atoms with van der Waals surface area (Å²) in [6.45, 7) is 6.01. The lowest BCUT2D eigenvalue weighted by Gasteiger charge is -2.17. The minimum absolute atomic E-state index is 0.00278. The third-order valence-corrected chi connectivity index (χ3v) is 6.48. The minimum Gasteiger partial charge on any atom is -0.497 e. The summed E-state index contributed by atoms with van der Waals surface area (Å²) in [4.78, 5) is 12.7. The highest BCUT2D eigenvalue weighted by Crippen LogP contribution is 2.46. The standard InChI is InChI=1S/C22H23N3O2S/c1-13-7-5-6-8-18(13)25-21-19(14(2)24-25)20(28-15(3)22(26)23-21)16-9-11-17(27-4)12-10-16/h5-12,15,20H,1-4H3,(H,23,26). The van der Waals surface area contributed by atoms with E-state index in [1.54, 1.807) is 18.9 Å². The first-order valence-corrected chi connectivity index (χ1v) is 10.2. The summed E-state index contributed by atoms with van der Waals surface area (Å²) < 4.78 is 7.17. The van der Waals surface area contributed by atoms with Gasteiger partial charge in [-0.2, -0.15) is 5.10 Å². The third-order valence-electron chi connectivity index (χ3n) is 5.08. The average Bonchev–Trinajstić information content (AvgIpc) is 2.94. The summed E-state index contributed by atoms with van der Waals surface area (Å²) in [6.07, 6.45) is 0. The molecule has 5 nitrogen and oxygen atoms in total. The van der Waals surface area contributed by atoms with Crippen LogP contribution in [0.5, 0.6) is 5.75 Å². The van der Waals surface area contributed by atoms with Crippen LogP contribution in [0, 0.1) is 13.8 Å². The smallest absolute Gasteiger partial charge is 0.238 e. The SMILES string of the molecule is COc1ccc(C2SC(C)C(=O)Nc3c2c(C)nn3-c2ccccc2C)cc1. The molecule has 0 saturated heterocycles. The lowest BCUT2D eigenvalue weighted by atomic mass is 10.0. The molecule has 0 radical (unpaired) electrons. The zero-order chi connectivity index (χ0) is 19.8. The molecule has 0 spiro atoms. The molecule has 2 unspecified atom stereocenters. The number of carbonyl (C=O) groups excluding carboxylic acids is 1. The number of thioether (sulfide) groups is 1. The molecule has 1 N–H and O–H groups in total. The van der Waals surface area contributed by atoms with Gasteiger partial charge >= 0.3 is 0 Å². The topological polar surface area (TPSA) is 56.1 Å². The summed E-state index contributed by atoms with van der Waals surface area (Å²) >= 11 is 1.65. The van der Waals surface area contributed by atoms with Gasteiger partial charge in [0, 0.05) is 5.56 Å². The van der Waals surface area contributed by atoms with Gasteiger partial charge in [0.25, 0.3) is 0 Å². The molecule has 2 heterocycles. The van der Waals surface area contributed by atoms with Crippen molar-refractivity contribution in [3.8, 4) is 11.4 Å². The van der Waals surface area contributed by atoms with E-state index in [9.17, 15) is 4.79 Å². The number of anilines is 1. The quantitative estimate of drug-likeness (QED) is 0.703. The molecule has 144 valence electrons. The fraction of sp³-hybridized carbons (Fsp3) is 0.273. The highest BCUT2D eigenvalue weighted by Gasteiger charge is 2.34. The summed E-state index contributed by atoms with van der Waals surface area (Å²) in [5.41, 5.74) is 5.17. The molecule has 4 rings (SSSR count). The van der Waals surface area contributed by atoms with Gasteiger partial charge in [0.1, 0.15) is 11.6 Å². The molecule has 0 bridgehead atoms. The van der Waals surface area contributed by atoms with E-state index < -0.39 is 0 Å². The van der Waals surface area contributed by atoms with Crippen LogP contribution in [-0.2, 0) is 4.79 Å². The van der Waals surface area contributed by atoms with Crippen molar-refractivity contribution in [3.63, 3.8) is 0 Å². The molecule has 1 aromatic heterocycles. The third kappa shape index (κ3) is 3.18. The Morgan fingerprint density at radius 2 is 1.82 bits per heavy atom. The molecule has 0 aliphatic carbocycles. The van der Waals surface area contributed by atoms with Gasteiger partial charge in [-0.15, -0.1) is 11.8 Å². The van der Waals surface area contributed by atoms with Crippen molar-refractivity contribution in [2.24, 2.45) is 0 Å². The highest BCUT2D eigenvalue weighted by atomic mass is 32.2. The van der Waals surface area contributed by atoms with E-state index in [0.717, 1.165) is 39.6 Å². The number of benzene rings is 2. The summed E-state index contributed by atoms with van der Waals surface area (Å²) in [6, 6.07) is 16.1. The monoisotopic (exact) mass is 393 g/mol. The van der Waals surface area contributed by atoms with Gasteiger partial charge in [-0.1, -0.05) is 30.3 Å². The Bertz CT molecular complexity index is 1030. The fourth-order valence-electron chi connectivity index (χ4n) is 3.53. The first-order chi connectivity index (χ1) is 13.5. The van der Waals surface area contributed by atoms with Crippen molar-refractivity contribution in [3.05, 3.63) is 70.9 Å². The number of nitrogens with zero attached hydrogens (tertiary/aromatic N) is 2. The van der Waals surface area contributed by atoms with Gasteiger partial charge in [-0.3, -0.25) is 4.79 Å². The van der Waals surface area contributed by atoms with Crippen LogP contribution in [0.4, 0.5) is 5.82 Å². The Kier molecular flexibility index (Phi) is 4.89. The molecular weight excluding hydrogens is 370 g/mol. The second kappa shape index (κ2) is 7.36. The normalized spacial score (nSPS) is 18.9. The van der Waals surface area contributed by atoms with E-state index in [4.69, 9.17) is 9.84 Å². The van der Waals surface area contributed by atoms with E-state index in [-0.39, 0.29) is 16.4 Å². The number of aryl methyl sites for hydroxylation is 2. The van der Waals surface area contributed by atoms with Crippen LogP contribution in [0.3, 0.4) is 0 Å². The molecule has 1 aliphatic heterocycles. The number of methoxy groups -OCH3 is 1. The predicted molar refractivity (Wildman–Crippen MR) is 114 cm³/mol. The second-order valence-corrected chi connectivity index (χ2v) is 8.42. The number of para-hydroxylation sites is 1. The number of rotatable bonds is 3. The van der Waals surface area contributed by atoms with Gasteiger partial charge in [0.05, 0.1) is 29.0 Å². The highest BCUT2D eigenvalue weighted by molar-refractivity contribution is 8.01. The molecule has 1 amide bonds. The van der Waals surface area contributed by atoms with Gasteiger partial charge < -0.3 is 10.1 Å². The Balaban J connectivity index is 1.90. The fourth-order valence-corrected chi connectivity index (χ4v) is 4.85. The Morgan fingerprint density at radius 1 is 1.11 bits per heavy atom. The summed E-state index contributed by atoms with van der Waals surface area (Å²) in [7, 11) is 1.66. The second-order valence-electron chi connectivity index (χ2n) is 6.97. The number of aromatic nitrogens is 2. The van der Waals surface area contributed by atoms with Crippen LogP contribution in [0.25, 0.3) is 5.69 Å². The molecule has 2 atom stereocenters. The number of carbonyl (C=O) groups is 1. The van der Waals surface area contributed by atoms with Gasteiger partial charge in [-0.25, -0.2) is 4.68 Å². The Labute approximate surface area is 169 Å². The lowest BCUT2D eigenvalue weighted by molar-refractivity contribution is -0.115. The molecular formula is C22H23N3O2S. The summed E-state index contributed by atoms with van der Waals surface area (Å²) in [5, 5.41) is 7.75. The molecule has 1 aliphatic rings. The Morgan fingerprint density at radius 3 is 2.50 bits per heavy atom. The van der Waals surface area contributed by atoms with Crippen molar-refractivity contribution >= 4 is 23.5 Å². The van der Waals surface area contributed by atoms with E-state index >= 15 is 0 Å². The molecule has 3 aromatic rings. The first kappa shape index (κ1) is 18.6. The lowest BCUT2D eigenvalue weighted by Crippen LogP contribution is -2.22. The maximum absolute atomic E-state index is 12.7. The van der Waals surface area contributed by atoms with Crippen molar-refractivity contribution < 1.29 is 9.53 Å². The molecule has 6 heteroatoms. The number of ether oxygens (including phenoxy) is 1. The zero-order valence-electron chi connectivity index (χ0n) is 16.4. The number of nitrogens with one attached hydrogen (secondary N) is 1. The Hall–Kier alpha value is -2.73. The molecule has 28 heavy (non-hydrogen) atoms. The van der Waals surface area contributed by atoms with Crippen LogP contribution in [0.1, 0.15) is 34.6 Å². The maximum Gasteiger partial charge on any atom is 0.238 e. The number of hydrogen-bond acceptors (Lipinski definition) is 4.